The third kappa shape index (κ3) is 3.41. The predicted molar refractivity (Wildman–Crippen MR) is 100 cm³/mol. The first kappa shape index (κ1) is 17.6. The van der Waals surface area contributed by atoms with Gasteiger partial charge in [0, 0.05) is 4.88 Å². The molecule has 4 rings (SSSR count). The lowest BCUT2D eigenvalue weighted by Crippen LogP contribution is -2.32. The van der Waals surface area contributed by atoms with Crippen molar-refractivity contribution in [1.82, 2.24) is 15.0 Å². The Bertz CT molecular complexity index is 888. The molecule has 2 aliphatic carbocycles. The molecule has 7 heteroatoms. The van der Waals surface area contributed by atoms with E-state index in [1.54, 1.807) is 11.3 Å². The molecular formula is C19H25N3O3S. The highest BCUT2D eigenvalue weighted by Gasteiger charge is 2.25. The van der Waals surface area contributed by atoms with Crippen molar-refractivity contribution in [2.75, 3.05) is 0 Å². The summed E-state index contributed by atoms with van der Waals surface area (Å²) in [6, 6.07) is 0. The van der Waals surface area contributed by atoms with Gasteiger partial charge in [0.2, 0.25) is 0 Å². The molecule has 2 aromatic heterocycles. The van der Waals surface area contributed by atoms with Gasteiger partial charge in [-0.3, -0.25) is 9.59 Å². The van der Waals surface area contributed by atoms with Gasteiger partial charge in [0.25, 0.3) is 5.56 Å². The maximum atomic E-state index is 12.9. The average Bonchev–Trinajstić information content (AvgIpc) is 2.95. The monoisotopic (exact) mass is 375 g/mol. The molecule has 0 aliphatic heterocycles. The number of thiophene rings is 1. The first-order valence-electron chi connectivity index (χ1n) is 9.58. The molecule has 0 saturated heterocycles. The zero-order valence-electron chi connectivity index (χ0n) is 15.4. The summed E-state index contributed by atoms with van der Waals surface area (Å²) in [7, 11) is 0. The Balaban J connectivity index is 1.54. The van der Waals surface area contributed by atoms with Gasteiger partial charge in [-0.15, -0.1) is 16.4 Å². The molecule has 0 aromatic carbocycles. The highest BCUT2D eigenvalue weighted by molar-refractivity contribution is 7.18. The van der Waals surface area contributed by atoms with Crippen LogP contribution in [0.1, 0.15) is 56.4 Å². The second-order valence-corrected chi connectivity index (χ2v) is 9.05. The summed E-state index contributed by atoms with van der Waals surface area (Å²) in [6.07, 6.45) is 7.05. The molecule has 26 heavy (non-hydrogen) atoms. The van der Waals surface area contributed by atoms with E-state index in [1.165, 1.54) is 16.0 Å². The molecule has 6 nitrogen and oxygen atoms in total. The van der Waals surface area contributed by atoms with Crippen molar-refractivity contribution in [2.24, 2.45) is 11.8 Å². The van der Waals surface area contributed by atoms with Gasteiger partial charge in [-0.05, 0) is 55.9 Å². The number of nitrogens with zero attached hydrogens (tertiary/aromatic N) is 3. The quantitative estimate of drug-likeness (QED) is 0.771. The van der Waals surface area contributed by atoms with Crippen LogP contribution in [0.25, 0.3) is 10.2 Å². The third-order valence-corrected chi connectivity index (χ3v) is 6.79. The van der Waals surface area contributed by atoms with Crippen LogP contribution in [0.3, 0.4) is 0 Å². The number of aromatic nitrogens is 3. The Morgan fingerprint density at radius 1 is 1.27 bits per heavy atom. The molecule has 0 spiro atoms. The summed E-state index contributed by atoms with van der Waals surface area (Å²) in [5.41, 5.74) is 0.905. The van der Waals surface area contributed by atoms with Crippen molar-refractivity contribution in [3.05, 3.63) is 20.8 Å². The molecule has 2 aliphatic rings. The lowest BCUT2D eigenvalue weighted by Gasteiger charge is -2.26. The number of hydrogen-bond donors (Lipinski definition) is 0. The zero-order valence-corrected chi connectivity index (χ0v) is 16.2. The summed E-state index contributed by atoms with van der Waals surface area (Å²) in [4.78, 5) is 27.1. The predicted octanol–water partition coefficient (Wildman–Crippen LogP) is 3.10. The maximum absolute atomic E-state index is 12.9. The van der Waals surface area contributed by atoms with Gasteiger partial charge in [-0.25, -0.2) is 0 Å². The number of carbonyl (C=O) groups excluding carboxylic acids is 1. The molecule has 3 unspecified atom stereocenters. The van der Waals surface area contributed by atoms with E-state index in [9.17, 15) is 9.59 Å². The van der Waals surface area contributed by atoms with E-state index in [-0.39, 0.29) is 18.2 Å². The number of hydrogen-bond acceptors (Lipinski definition) is 6. The van der Waals surface area contributed by atoms with Crippen LogP contribution < -0.4 is 5.56 Å². The molecule has 2 heterocycles. The normalized spacial score (nSPS) is 25.8. The minimum absolute atomic E-state index is 0.0333. The van der Waals surface area contributed by atoms with Crippen molar-refractivity contribution in [1.29, 1.82) is 0 Å². The topological polar surface area (TPSA) is 74.1 Å². The fourth-order valence-corrected chi connectivity index (χ4v) is 5.54. The lowest BCUT2D eigenvalue weighted by molar-refractivity contribution is -0.152. The molecular weight excluding hydrogens is 350 g/mol. The van der Waals surface area contributed by atoms with Crippen LogP contribution in [-0.2, 0) is 28.9 Å². The molecule has 140 valence electrons. The molecule has 0 amide bonds. The van der Waals surface area contributed by atoms with Crippen LogP contribution in [-0.4, -0.2) is 27.1 Å². The minimum atomic E-state index is -0.391. The summed E-state index contributed by atoms with van der Waals surface area (Å²) in [5, 5.41) is 8.85. The van der Waals surface area contributed by atoms with Gasteiger partial charge in [0.05, 0.1) is 5.39 Å². The van der Waals surface area contributed by atoms with Crippen LogP contribution in [0, 0.1) is 11.8 Å². The van der Waals surface area contributed by atoms with Crippen LogP contribution in [0.5, 0.6) is 0 Å². The van der Waals surface area contributed by atoms with E-state index in [0.717, 1.165) is 44.1 Å². The molecule has 0 bridgehead atoms. The van der Waals surface area contributed by atoms with E-state index in [2.05, 4.69) is 24.2 Å². The van der Waals surface area contributed by atoms with Crippen molar-refractivity contribution in [2.45, 2.75) is 71.4 Å². The lowest BCUT2D eigenvalue weighted by atomic mass is 9.89. The van der Waals surface area contributed by atoms with E-state index in [1.807, 2.05) is 0 Å². The molecule has 1 saturated carbocycles. The van der Waals surface area contributed by atoms with E-state index in [4.69, 9.17) is 4.74 Å². The largest absolute Gasteiger partial charge is 0.461 e. The second-order valence-electron chi connectivity index (χ2n) is 7.97. The molecule has 1 fully saturated rings. The summed E-state index contributed by atoms with van der Waals surface area (Å²) < 4.78 is 6.75. The van der Waals surface area contributed by atoms with E-state index >= 15 is 0 Å². The smallest absolute Gasteiger partial charge is 0.328 e. The summed E-state index contributed by atoms with van der Waals surface area (Å²) >= 11 is 1.57. The van der Waals surface area contributed by atoms with Gasteiger partial charge in [0.1, 0.15) is 12.6 Å². The van der Waals surface area contributed by atoms with E-state index in [0.29, 0.717) is 22.1 Å². The number of aryl methyl sites for hydroxylation is 1. The summed E-state index contributed by atoms with van der Waals surface area (Å²) in [6.45, 7) is 4.26. The molecule has 2 aromatic rings. The fourth-order valence-electron chi connectivity index (χ4n) is 4.23. The number of esters is 1. The second kappa shape index (κ2) is 7.10. The van der Waals surface area contributed by atoms with Crippen LogP contribution in [0.15, 0.2) is 4.79 Å². The van der Waals surface area contributed by atoms with E-state index < -0.39 is 5.97 Å². The standard InChI is InChI=1S/C19H25N3O3S/c1-11-4-3-5-13(8-11)25-16(23)10-22-19(24)17-14-7-6-12(2)9-15(14)26-18(17)20-21-22/h11-13H,3-10H2,1-2H3. The molecule has 3 atom stereocenters. The molecule has 0 radical (unpaired) electrons. The number of fused-ring (bicyclic) bond motifs is 3. The Morgan fingerprint density at radius 2 is 2.12 bits per heavy atom. The zero-order chi connectivity index (χ0) is 18.3. The Hall–Kier alpha value is -1.76. The first-order valence-corrected chi connectivity index (χ1v) is 10.4. The highest BCUT2D eigenvalue weighted by Crippen LogP contribution is 2.35. The first-order chi connectivity index (χ1) is 12.5. The number of rotatable bonds is 3. The van der Waals surface area contributed by atoms with Gasteiger partial charge < -0.3 is 4.74 Å². The Kier molecular flexibility index (Phi) is 4.82. The SMILES string of the molecule is CC1CCc2c(sc3nnn(CC(=O)OC4CCCC(C)C4)c(=O)c23)C1. The average molecular weight is 375 g/mol. The van der Waals surface area contributed by atoms with Gasteiger partial charge >= 0.3 is 5.97 Å². The molecule has 0 N–H and O–H groups in total. The van der Waals surface area contributed by atoms with Gasteiger partial charge in [-0.2, -0.15) is 4.68 Å². The number of carbonyl (C=O) groups is 1. The third-order valence-electron chi connectivity index (χ3n) is 5.65. The van der Waals surface area contributed by atoms with Crippen molar-refractivity contribution in [3.8, 4) is 0 Å². The van der Waals surface area contributed by atoms with Crippen LogP contribution in [0.2, 0.25) is 0 Å². The highest BCUT2D eigenvalue weighted by atomic mass is 32.1. The van der Waals surface area contributed by atoms with Crippen molar-refractivity contribution in [3.63, 3.8) is 0 Å². The van der Waals surface area contributed by atoms with Crippen molar-refractivity contribution < 1.29 is 9.53 Å². The fraction of sp³-hybridized carbons (Fsp3) is 0.684. The maximum Gasteiger partial charge on any atom is 0.328 e. The Labute approximate surface area is 156 Å². The number of ether oxygens (including phenoxy) is 1. The van der Waals surface area contributed by atoms with Crippen LogP contribution in [0.4, 0.5) is 0 Å². The van der Waals surface area contributed by atoms with Gasteiger partial charge in [-0.1, -0.05) is 25.5 Å². The van der Waals surface area contributed by atoms with Crippen molar-refractivity contribution >= 4 is 27.5 Å². The summed E-state index contributed by atoms with van der Waals surface area (Å²) in [5.74, 6) is 0.830. The minimum Gasteiger partial charge on any atom is -0.461 e. The van der Waals surface area contributed by atoms with Crippen LogP contribution >= 0.6 is 11.3 Å². The van der Waals surface area contributed by atoms with Gasteiger partial charge in [0.15, 0.2) is 4.83 Å². The Morgan fingerprint density at radius 3 is 2.92 bits per heavy atom.